The molecule has 1 amide bonds. The van der Waals surface area contributed by atoms with Crippen molar-refractivity contribution in [2.24, 2.45) is 0 Å². The second-order valence-electron chi connectivity index (χ2n) is 8.39. The Morgan fingerprint density at radius 2 is 1.91 bits per heavy atom. The van der Waals surface area contributed by atoms with Gasteiger partial charge in [0.25, 0.3) is 5.91 Å². The molecule has 1 aromatic heterocycles. The second kappa shape index (κ2) is 10.9. The Hall–Kier alpha value is -2.33. The molecule has 0 aliphatic carbocycles. The van der Waals surface area contributed by atoms with Crippen molar-refractivity contribution >= 4 is 42.6 Å². The summed E-state index contributed by atoms with van der Waals surface area (Å²) in [7, 11) is -3.60. The molecule has 2 aromatic carbocycles. The van der Waals surface area contributed by atoms with Gasteiger partial charge >= 0.3 is 0 Å². The highest BCUT2D eigenvalue weighted by atomic mass is 32.2. The lowest BCUT2D eigenvalue weighted by atomic mass is 10.2. The van der Waals surface area contributed by atoms with Gasteiger partial charge in [0.15, 0.2) is 5.13 Å². The lowest BCUT2D eigenvalue weighted by Gasteiger charge is -2.23. The Balaban J connectivity index is 1.61. The van der Waals surface area contributed by atoms with Gasteiger partial charge in [0.05, 0.1) is 27.8 Å². The number of thiazole rings is 1. The smallest absolute Gasteiger partial charge is 0.260 e. The zero-order chi connectivity index (χ0) is 24.1. The molecular weight excluding hydrogens is 470 g/mol. The number of amides is 1. The van der Waals surface area contributed by atoms with Gasteiger partial charge in [-0.1, -0.05) is 43.7 Å². The number of benzene rings is 2. The summed E-state index contributed by atoms with van der Waals surface area (Å²) in [5, 5.41) is 0.620. The van der Waals surface area contributed by atoms with Crippen molar-refractivity contribution in [2.45, 2.75) is 50.5 Å². The monoisotopic (exact) mass is 501 g/mol. The van der Waals surface area contributed by atoms with Crippen molar-refractivity contribution in [1.29, 1.82) is 0 Å². The van der Waals surface area contributed by atoms with E-state index in [2.05, 4.69) is 4.98 Å². The van der Waals surface area contributed by atoms with Crippen molar-refractivity contribution in [3.8, 4) is 0 Å². The molecule has 182 valence electrons. The van der Waals surface area contributed by atoms with Crippen LogP contribution in [0.15, 0.2) is 53.4 Å². The first-order valence-corrected chi connectivity index (χ1v) is 14.1. The number of unbranched alkanes of at least 4 members (excludes halogenated alkanes) is 1. The van der Waals surface area contributed by atoms with Gasteiger partial charge in [-0.05, 0) is 55.7 Å². The number of hydrogen-bond acceptors (Lipinski definition) is 6. The number of sulfonamides is 1. The predicted molar refractivity (Wildman–Crippen MR) is 136 cm³/mol. The summed E-state index contributed by atoms with van der Waals surface area (Å²) in [5.41, 5.74) is 1.27. The highest BCUT2D eigenvalue weighted by Crippen LogP contribution is 2.31. The first-order chi connectivity index (χ1) is 16.4. The number of rotatable bonds is 10. The number of ether oxygens (including phenoxy) is 1. The average molecular weight is 502 g/mol. The molecule has 1 unspecified atom stereocenters. The number of carbonyl (C=O) groups is 1. The minimum Gasteiger partial charge on any atom is -0.376 e. The third kappa shape index (κ3) is 5.33. The van der Waals surface area contributed by atoms with Gasteiger partial charge < -0.3 is 4.74 Å². The molecule has 7 nitrogen and oxygen atoms in total. The lowest BCUT2D eigenvalue weighted by Crippen LogP contribution is -2.37. The summed E-state index contributed by atoms with van der Waals surface area (Å²) < 4.78 is 34.4. The largest absolute Gasteiger partial charge is 0.376 e. The van der Waals surface area contributed by atoms with Crippen molar-refractivity contribution in [1.82, 2.24) is 9.29 Å². The summed E-state index contributed by atoms with van der Waals surface area (Å²) in [6.45, 7) is 5.89. The van der Waals surface area contributed by atoms with Crippen LogP contribution in [0.4, 0.5) is 5.13 Å². The molecule has 34 heavy (non-hydrogen) atoms. The van der Waals surface area contributed by atoms with Crippen LogP contribution in [-0.4, -0.2) is 56.0 Å². The maximum atomic E-state index is 13.6. The normalized spacial score (nSPS) is 16.4. The van der Waals surface area contributed by atoms with Crippen molar-refractivity contribution in [3.05, 3.63) is 54.1 Å². The van der Waals surface area contributed by atoms with Crippen LogP contribution in [0.1, 0.15) is 49.9 Å². The van der Waals surface area contributed by atoms with E-state index >= 15 is 0 Å². The molecular formula is C25H31N3O4S2. The van der Waals surface area contributed by atoms with E-state index in [-0.39, 0.29) is 16.9 Å². The van der Waals surface area contributed by atoms with E-state index in [9.17, 15) is 13.2 Å². The first-order valence-electron chi connectivity index (χ1n) is 11.8. The zero-order valence-electron chi connectivity index (χ0n) is 19.6. The summed E-state index contributed by atoms with van der Waals surface area (Å²) >= 11 is 1.47. The topological polar surface area (TPSA) is 79.8 Å². The molecule has 1 aliphatic rings. The fourth-order valence-corrected chi connectivity index (χ4v) is 6.53. The Morgan fingerprint density at radius 3 is 2.56 bits per heavy atom. The van der Waals surface area contributed by atoms with Crippen molar-refractivity contribution < 1.29 is 17.9 Å². The summed E-state index contributed by atoms with van der Waals surface area (Å²) in [5.74, 6) is -0.211. The Bertz CT molecular complexity index is 1190. The highest BCUT2D eigenvalue weighted by Gasteiger charge is 2.28. The molecule has 0 spiro atoms. The molecule has 0 N–H and O–H groups in total. The van der Waals surface area contributed by atoms with Gasteiger partial charge in [-0.15, -0.1) is 0 Å². The second-order valence-corrected chi connectivity index (χ2v) is 11.3. The number of fused-ring (bicyclic) bond motifs is 1. The van der Waals surface area contributed by atoms with Crippen molar-refractivity contribution in [2.75, 3.05) is 31.1 Å². The number of hydrogen-bond donors (Lipinski definition) is 0. The van der Waals surface area contributed by atoms with E-state index in [1.807, 2.05) is 38.1 Å². The standard InChI is InChI=1S/C25H31N3O4S2/c1-3-5-16-27(4-2)34(30,31)21-14-12-19(13-15-21)24(29)28(18-20-9-8-17-32-20)25-26-22-10-6-7-11-23(22)33-25/h6-7,10-15,20H,3-5,8-9,16-18H2,1-2H3. The summed E-state index contributed by atoms with van der Waals surface area (Å²) in [4.78, 5) is 20.1. The maximum absolute atomic E-state index is 13.6. The van der Waals surface area contributed by atoms with E-state index < -0.39 is 10.0 Å². The molecule has 1 saturated heterocycles. The van der Waals surface area contributed by atoms with Gasteiger partial charge in [0.2, 0.25) is 10.0 Å². The number of aromatic nitrogens is 1. The fraction of sp³-hybridized carbons (Fsp3) is 0.440. The zero-order valence-corrected chi connectivity index (χ0v) is 21.3. The van der Waals surface area contributed by atoms with Crippen LogP contribution in [-0.2, 0) is 14.8 Å². The molecule has 1 atom stereocenters. The fourth-order valence-electron chi connectivity index (χ4n) is 4.07. The first kappa shape index (κ1) is 24.8. The van der Waals surface area contributed by atoms with Crippen LogP contribution in [0, 0.1) is 0 Å². The molecule has 2 heterocycles. The molecule has 1 fully saturated rings. The van der Waals surface area contributed by atoms with Crippen LogP contribution < -0.4 is 4.90 Å². The van der Waals surface area contributed by atoms with E-state index in [0.29, 0.717) is 36.9 Å². The van der Waals surface area contributed by atoms with Crippen LogP contribution >= 0.6 is 11.3 Å². The lowest BCUT2D eigenvalue weighted by molar-refractivity contribution is 0.0917. The van der Waals surface area contributed by atoms with Gasteiger partial charge in [0, 0.05) is 25.3 Å². The van der Waals surface area contributed by atoms with Gasteiger partial charge in [-0.3, -0.25) is 9.69 Å². The number of carbonyl (C=O) groups excluding carboxylic acids is 1. The van der Waals surface area contributed by atoms with E-state index in [0.717, 1.165) is 35.9 Å². The molecule has 3 aromatic rings. The van der Waals surface area contributed by atoms with Crippen LogP contribution in [0.5, 0.6) is 0 Å². The van der Waals surface area contributed by atoms with E-state index in [1.165, 1.54) is 27.8 Å². The molecule has 0 saturated carbocycles. The summed E-state index contributed by atoms with van der Waals surface area (Å²) in [6, 6.07) is 14.1. The maximum Gasteiger partial charge on any atom is 0.260 e. The molecule has 0 bridgehead atoms. The minimum atomic E-state index is -3.60. The number of nitrogens with zero attached hydrogens (tertiary/aromatic N) is 3. The molecule has 4 rings (SSSR count). The predicted octanol–water partition coefficient (Wildman–Crippen LogP) is 4.93. The van der Waals surface area contributed by atoms with Gasteiger partial charge in [-0.25, -0.2) is 13.4 Å². The number of anilines is 1. The highest BCUT2D eigenvalue weighted by molar-refractivity contribution is 7.89. The summed E-state index contributed by atoms with van der Waals surface area (Å²) in [6.07, 6.45) is 3.57. The Labute approximate surface area is 205 Å². The number of para-hydroxylation sites is 1. The van der Waals surface area contributed by atoms with Crippen LogP contribution in [0.3, 0.4) is 0 Å². The van der Waals surface area contributed by atoms with Crippen molar-refractivity contribution in [3.63, 3.8) is 0 Å². The third-order valence-corrected chi connectivity index (χ3v) is 9.07. The van der Waals surface area contributed by atoms with Crippen LogP contribution in [0.2, 0.25) is 0 Å². The van der Waals surface area contributed by atoms with Crippen LogP contribution in [0.25, 0.3) is 10.2 Å². The SMILES string of the molecule is CCCCN(CC)S(=O)(=O)c1ccc(C(=O)N(CC2CCCO2)c2nc3ccccc3s2)cc1. The third-order valence-electron chi connectivity index (χ3n) is 6.02. The molecule has 1 aliphatic heterocycles. The minimum absolute atomic E-state index is 0.0349. The average Bonchev–Trinajstić information content (AvgIpc) is 3.52. The Morgan fingerprint density at radius 1 is 1.15 bits per heavy atom. The Kier molecular flexibility index (Phi) is 7.98. The van der Waals surface area contributed by atoms with E-state index in [1.54, 1.807) is 17.0 Å². The molecule has 9 heteroatoms. The van der Waals surface area contributed by atoms with Gasteiger partial charge in [0.1, 0.15) is 0 Å². The molecule has 0 radical (unpaired) electrons. The van der Waals surface area contributed by atoms with E-state index in [4.69, 9.17) is 4.74 Å². The quantitative estimate of drug-likeness (QED) is 0.393. The van der Waals surface area contributed by atoms with Gasteiger partial charge in [-0.2, -0.15) is 4.31 Å².